The number of imidazole rings is 1. The van der Waals surface area contributed by atoms with Crippen molar-refractivity contribution in [3.8, 4) is 0 Å². The van der Waals surface area contributed by atoms with E-state index in [0.29, 0.717) is 18.7 Å². The molecule has 3 rings (SSSR count). The van der Waals surface area contributed by atoms with Crippen LogP contribution in [0.2, 0.25) is 0 Å². The van der Waals surface area contributed by atoms with Gasteiger partial charge in [-0.05, 0) is 18.9 Å². The van der Waals surface area contributed by atoms with Crippen LogP contribution in [0.5, 0.6) is 0 Å². The molecular weight excluding hydrogens is 269 g/mol. The van der Waals surface area contributed by atoms with Gasteiger partial charge in [0.05, 0.1) is 6.20 Å². The third kappa shape index (κ3) is 2.52. The molecule has 0 N–H and O–H groups in total. The number of pyridine rings is 1. The van der Waals surface area contributed by atoms with E-state index in [1.807, 2.05) is 41.5 Å². The molecule has 3 heterocycles. The largest absolute Gasteiger partial charge is 0.368 e. The summed E-state index contributed by atoms with van der Waals surface area (Å²) in [6, 6.07) is 3.85. The van der Waals surface area contributed by atoms with Gasteiger partial charge in [-0.25, -0.2) is 9.37 Å². The fourth-order valence-corrected chi connectivity index (χ4v) is 2.74. The maximum Gasteiger partial charge on any atom is 0.183 e. The van der Waals surface area contributed by atoms with Crippen LogP contribution >= 0.6 is 0 Å². The first-order valence-corrected chi connectivity index (χ1v) is 7.50. The van der Waals surface area contributed by atoms with Crippen LogP contribution in [0.4, 0.5) is 10.1 Å². The van der Waals surface area contributed by atoms with E-state index in [-0.39, 0.29) is 11.7 Å². The number of carbonyl (C=O) groups excluding carboxylic acids is 1. The lowest BCUT2D eigenvalue weighted by molar-refractivity contribution is 0.0921. The van der Waals surface area contributed by atoms with E-state index in [9.17, 15) is 9.18 Å². The number of nitrogens with zero attached hydrogens (tertiary/aromatic N) is 3. The van der Waals surface area contributed by atoms with Gasteiger partial charge < -0.3 is 4.90 Å². The van der Waals surface area contributed by atoms with Crippen LogP contribution in [-0.2, 0) is 0 Å². The normalized spacial score (nSPS) is 20.1. The molecule has 0 bridgehead atoms. The first kappa shape index (κ1) is 14.0. The van der Waals surface area contributed by atoms with Gasteiger partial charge in [0.15, 0.2) is 5.78 Å². The summed E-state index contributed by atoms with van der Waals surface area (Å²) in [7, 11) is 0. The second-order valence-corrected chi connectivity index (χ2v) is 5.76. The van der Waals surface area contributed by atoms with Gasteiger partial charge in [-0.2, -0.15) is 0 Å². The Bertz CT molecular complexity index is 667. The summed E-state index contributed by atoms with van der Waals surface area (Å²) in [5, 5.41) is 0. The Hall–Kier alpha value is -1.91. The Morgan fingerprint density at radius 2 is 2.38 bits per heavy atom. The Balaban J connectivity index is 1.92. The van der Waals surface area contributed by atoms with Gasteiger partial charge in [-0.15, -0.1) is 0 Å². The van der Waals surface area contributed by atoms with Crippen LogP contribution in [0, 0.1) is 5.92 Å². The van der Waals surface area contributed by atoms with Gasteiger partial charge in [-0.1, -0.05) is 13.8 Å². The molecule has 0 saturated carbocycles. The highest BCUT2D eigenvalue weighted by Gasteiger charge is 2.23. The molecule has 5 heteroatoms. The lowest BCUT2D eigenvalue weighted by Gasteiger charge is -2.17. The molecule has 2 atom stereocenters. The van der Waals surface area contributed by atoms with Crippen molar-refractivity contribution in [2.45, 2.75) is 32.9 Å². The van der Waals surface area contributed by atoms with Gasteiger partial charge in [-0.3, -0.25) is 9.20 Å². The number of fused-ring (bicyclic) bond motifs is 1. The molecule has 0 radical (unpaired) electrons. The fraction of sp³-hybridized carbons (Fsp3) is 0.500. The first-order valence-electron chi connectivity index (χ1n) is 7.50. The summed E-state index contributed by atoms with van der Waals surface area (Å²) in [5.74, 6) is 0.109. The third-order valence-corrected chi connectivity index (χ3v) is 4.31. The van der Waals surface area contributed by atoms with Crippen LogP contribution in [0.3, 0.4) is 0 Å². The maximum atomic E-state index is 13.3. The van der Waals surface area contributed by atoms with Crippen molar-refractivity contribution >= 4 is 17.1 Å². The molecule has 1 aliphatic heterocycles. The quantitative estimate of drug-likeness (QED) is 0.812. The Kier molecular flexibility index (Phi) is 3.66. The van der Waals surface area contributed by atoms with Crippen molar-refractivity contribution < 1.29 is 9.18 Å². The van der Waals surface area contributed by atoms with Crippen molar-refractivity contribution in [1.29, 1.82) is 0 Å². The van der Waals surface area contributed by atoms with Crippen molar-refractivity contribution in [3.63, 3.8) is 0 Å². The van der Waals surface area contributed by atoms with Crippen molar-refractivity contribution in [2.75, 3.05) is 18.0 Å². The van der Waals surface area contributed by atoms with Gasteiger partial charge in [0.1, 0.15) is 17.5 Å². The highest BCUT2D eigenvalue weighted by atomic mass is 19.1. The molecule has 1 saturated heterocycles. The molecule has 2 aromatic rings. The van der Waals surface area contributed by atoms with Crippen molar-refractivity contribution in [3.05, 3.63) is 30.2 Å². The van der Waals surface area contributed by atoms with E-state index in [2.05, 4.69) is 4.98 Å². The van der Waals surface area contributed by atoms with Gasteiger partial charge >= 0.3 is 0 Å². The highest BCUT2D eigenvalue weighted by molar-refractivity contribution is 5.96. The molecule has 4 nitrogen and oxygen atoms in total. The lowest BCUT2D eigenvalue weighted by atomic mass is 10.0. The summed E-state index contributed by atoms with van der Waals surface area (Å²) in [4.78, 5) is 18.7. The fourth-order valence-electron chi connectivity index (χ4n) is 2.74. The molecule has 1 aliphatic rings. The van der Waals surface area contributed by atoms with E-state index in [1.54, 1.807) is 6.20 Å². The zero-order chi connectivity index (χ0) is 15.0. The zero-order valence-electron chi connectivity index (χ0n) is 12.4. The average molecular weight is 289 g/mol. The Morgan fingerprint density at radius 3 is 3.05 bits per heavy atom. The minimum Gasteiger partial charge on any atom is -0.368 e. The minimum atomic E-state index is -0.747. The van der Waals surface area contributed by atoms with Crippen LogP contribution in [-0.4, -0.2) is 34.4 Å². The smallest absolute Gasteiger partial charge is 0.183 e. The van der Waals surface area contributed by atoms with Crippen LogP contribution in [0.15, 0.2) is 24.5 Å². The monoisotopic (exact) mass is 289 g/mol. The second-order valence-electron chi connectivity index (χ2n) is 5.76. The predicted octanol–water partition coefficient (Wildman–Crippen LogP) is 3.11. The summed E-state index contributed by atoms with van der Waals surface area (Å²) in [6.07, 6.45) is 4.14. The SMILES string of the molecule is CCC(C)C(=O)c1cnc2cc(N3CCC(F)C3)ccn12. The topological polar surface area (TPSA) is 37.6 Å². The molecule has 2 aromatic heterocycles. The molecule has 0 spiro atoms. The number of anilines is 1. The number of alkyl halides is 1. The Labute approximate surface area is 123 Å². The summed E-state index contributed by atoms with van der Waals surface area (Å²) in [6.45, 7) is 5.11. The molecule has 112 valence electrons. The van der Waals surface area contributed by atoms with Crippen LogP contribution in [0.1, 0.15) is 37.2 Å². The molecule has 21 heavy (non-hydrogen) atoms. The first-order chi connectivity index (χ1) is 10.1. The average Bonchev–Trinajstić information content (AvgIpc) is 3.11. The predicted molar refractivity (Wildman–Crippen MR) is 80.7 cm³/mol. The number of rotatable bonds is 4. The minimum absolute atomic E-state index is 0.00421. The number of Topliss-reactive ketones (excluding diaryl/α,β-unsaturated/α-hetero) is 1. The van der Waals surface area contributed by atoms with Crippen LogP contribution in [0.25, 0.3) is 5.65 Å². The molecular formula is C16H20FN3O. The zero-order valence-corrected chi connectivity index (χ0v) is 12.4. The van der Waals surface area contributed by atoms with E-state index in [1.165, 1.54) is 0 Å². The standard InChI is InChI=1S/C16H20FN3O/c1-3-11(2)16(21)14-9-18-15-8-13(5-7-20(14)15)19-6-4-12(17)10-19/h5,7-9,11-12H,3-4,6,10H2,1-2H3. The second kappa shape index (κ2) is 5.47. The third-order valence-electron chi connectivity index (χ3n) is 4.31. The summed E-state index contributed by atoms with van der Waals surface area (Å²) < 4.78 is 15.1. The van der Waals surface area contributed by atoms with Crippen molar-refractivity contribution in [2.24, 2.45) is 5.92 Å². The summed E-state index contributed by atoms with van der Waals surface area (Å²) >= 11 is 0. The number of hydrogen-bond donors (Lipinski definition) is 0. The lowest BCUT2D eigenvalue weighted by Crippen LogP contribution is -2.20. The number of halogens is 1. The molecule has 1 fully saturated rings. The van der Waals surface area contributed by atoms with Gasteiger partial charge in [0.25, 0.3) is 0 Å². The van der Waals surface area contributed by atoms with Crippen LogP contribution < -0.4 is 4.90 Å². The Morgan fingerprint density at radius 1 is 1.57 bits per heavy atom. The van der Waals surface area contributed by atoms with E-state index >= 15 is 0 Å². The molecule has 2 unspecified atom stereocenters. The van der Waals surface area contributed by atoms with E-state index in [4.69, 9.17) is 0 Å². The highest BCUT2D eigenvalue weighted by Crippen LogP contribution is 2.24. The maximum absolute atomic E-state index is 13.3. The van der Waals surface area contributed by atoms with E-state index < -0.39 is 6.17 Å². The van der Waals surface area contributed by atoms with Gasteiger partial charge in [0, 0.05) is 37.0 Å². The molecule has 0 amide bonds. The number of hydrogen-bond acceptors (Lipinski definition) is 3. The van der Waals surface area contributed by atoms with Gasteiger partial charge in [0.2, 0.25) is 0 Å². The van der Waals surface area contributed by atoms with Crippen molar-refractivity contribution in [1.82, 2.24) is 9.38 Å². The summed E-state index contributed by atoms with van der Waals surface area (Å²) in [5.41, 5.74) is 2.33. The number of carbonyl (C=O) groups is 1. The molecule has 0 aromatic carbocycles. The number of aromatic nitrogens is 2. The molecule has 0 aliphatic carbocycles. The van der Waals surface area contributed by atoms with E-state index in [0.717, 1.165) is 24.3 Å². The number of ketones is 1.